The number of halogens is 1. The Morgan fingerprint density at radius 2 is 2.00 bits per heavy atom. The molecule has 0 spiro atoms. The second-order valence-corrected chi connectivity index (χ2v) is 4.60. The predicted molar refractivity (Wildman–Crippen MR) is 77.1 cm³/mol. The molecule has 3 nitrogen and oxygen atoms in total. The number of amides is 1. The summed E-state index contributed by atoms with van der Waals surface area (Å²) in [6.45, 7) is 1.95. The van der Waals surface area contributed by atoms with Crippen LogP contribution in [0.1, 0.15) is 15.9 Å². The van der Waals surface area contributed by atoms with Crippen molar-refractivity contribution in [2.75, 3.05) is 12.4 Å². The molecule has 0 aliphatic heterocycles. The number of nitrogens with one attached hydrogen (secondary N) is 1. The van der Waals surface area contributed by atoms with Gasteiger partial charge >= 0.3 is 0 Å². The van der Waals surface area contributed by atoms with Gasteiger partial charge in [0.1, 0.15) is 5.75 Å². The van der Waals surface area contributed by atoms with E-state index in [4.69, 9.17) is 16.3 Å². The largest absolute Gasteiger partial charge is 0.495 e. The van der Waals surface area contributed by atoms with Crippen molar-refractivity contribution in [1.29, 1.82) is 0 Å². The zero-order valence-electron chi connectivity index (χ0n) is 10.7. The first-order valence-corrected chi connectivity index (χ1v) is 6.19. The molecule has 2 aromatic rings. The number of anilines is 1. The molecule has 1 amide bonds. The van der Waals surface area contributed by atoms with Gasteiger partial charge in [-0.05, 0) is 42.8 Å². The topological polar surface area (TPSA) is 38.3 Å². The molecule has 0 bridgehead atoms. The number of hydrogen-bond donors (Lipinski definition) is 1. The van der Waals surface area contributed by atoms with Gasteiger partial charge in [-0.15, -0.1) is 0 Å². The molecule has 0 atom stereocenters. The van der Waals surface area contributed by atoms with Crippen LogP contribution in [0.4, 0.5) is 5.69 Å². The smallest absolute Gasteiger partial charge is 0.255 e. The highest BCUT2D eigenvalue weighted by Crippen LogP contribution is 2.26. The normalized spacial score (nSPS) is 10.1. The Kier molecular flexibility index (Phi) is 4.07. The number of ether oxygens (including phenoxy) is 1. The maximum atomic E-state index is 12.1. The minimum Gasteiger partial charge on any atom is -0.495 e. The Hall–Kier alpha value is -2.00. The van der Waals surface area contributed by atoms with E-state index in [-0.39, 0.29) is 5.91 Å². The number of aryl methyl sites for hydroxylation is 1. The number of methoxy groups -OCH3 is 1. The zero-order chi connectivity index (χ0) is 13.8. The van der Waals surface area contributed by atoms with Gasteiger partial charge in [0.25, 0.3) is 5.91 Å². The van der Waals surface area contributed by atoms with Gasteiger partial charge in [-0.3, -0.25) is 4.79 Å². The molecule has 2 rings (SSSR count). The molecule has 1 N–H and O–H groups in total. The van der Waals surface area contributed by atoms with Crippen LogP contribution in [0.5, 0.6) is 5.75 Å². The molecule has 0 heterocycles. The molecule has 19 heavy (non-hydrogen) atoms. The molecule has 0 saturated carbocycles. The van der Waals surface area contributed by atoms with Crippen molar-refractivity contribution in [3.63, 3.8) is 0 Å². The fourth-order valence-corrected chi connectivity index (χ4v) is 1.93. The Bertz CT molecular complexity index is 611. The lowest BCUT2D eigenvalue weighted by molar-refractivity contribution is 0.102. The van der Waals surface area contributed by atoms with Crippen molar-refractivity contribution in [2.24, 2.45) is 0 Å². The summed E-state index contributed by atoms with van der Waals surface area (Å²) in [5.74, 6) is 0.410. The molecular formula is C15H14ClNO2. The van der Waals surface area contributed by atoms with Gasteiger partial charge in [0, 0.05) is 10.6 Å². The quantitative estimate of drug-likeness (QED) is 0.922. The highest BCUT2D eigenvalue weighted by molar-refractivity contribution is 6.31. The van der Waals surface area contributed by atoms with Crippen LogP contribution in [-0.2, 0) is 0 Å². The third kappa shape index (κ3) is 3.26. The van der Waals surface area contributed by atoms with E-state index in [1.165, 1.54) is 0 Å². The molecule has 0 aromatic heterocycles. The van der Waals surface area contributed by atoms with E-state index in [2.05, 4.69) is 5.32 Å². The highest BCUT2D eigenvalue weighted by atomic mass is 35.5. The second kappa shape index (κ2) is 5.76. The Morgan fingerprint density at radius 3 is 2.68 bits per heavy atom. The van der Waals surface area contributed by atoms with Crippen molar-refractivity contribution in [1.82, 2.24) is 0 Å². The first kappa shape index (κ1) is 13.4. The van der Waals surface area contributed by atoms with E-state index in [9.17, 15) is 4.79 Å². The van der Waals surface area contributed by atoms with Crippen LogP contribution in [-0.4, -0.2) is 13.0 Å². The van der Waals surface area contributed by atoms with Crippen molar-refractivity contribution < 1.29 is 9.53 Å². The summed E-state index contributed by atoms with van der Waals surface area (Å²) >= 11 is 5.87. The monoisotopic (exact) mass is 275 g/mol. The molecule has 2 aromatic carbocycles. The van der Waals surface area contributed by atoms with Gasteiger partial charge in [-0.1, -0.05) is 23.7 Å². The van der Waals surface area contributed by atoms with Gasteiger partial charge in [-0.2, -0.15) is 0 Å². The minimum atomic E-state index is -0.216. The van der Waals surface area contributed by atoms with Crippen LogP contribution in [0.15, 0.2) is 42.5 Å². The van der Waals surface area contributed by atoms with Crippen molar-refractivity contribution in [2.45, 2.75) is 6.92 Å². The maximum absolute atomic E-state index is 12.1. The lowest BCUT2D eigenvalue weighted by Crippen LogP contribution is -2.12. The van der Waals surface area contributed by atoms with Gasteiger partial charge in [0.05, 0.1) is 12.8 Å². The summed E-state index contributed by atoms with van der Waals surface area (Å²) in [5, 5.41) is 3.35. The van der Waals surface area contributed by atoms with Crippen LogP contribution in [0, 0.1) is 6.92 Å². The van der Waals surface area contributed by atoms with Crippen LogP contribution >= 0.6 is 11.6 Å². The minimum absolute atomic E-state index is 0.216. The molecule has 0 unspecified atom stereocenters. The predicted octanol–water partition coefficient (Wildman–Crippen LogP) is 3.91. The van der Waals surface area contributed by atoms with Crippen molar-refractivity contribution in [3.8, 4) is 5.75 Å². The molecule has 0 aliphatic rings. The molecule has 4 heteroatoms. The lowest BCUT2D eigenvalue weighted by atomic mass is 10.1. The lowest BCUT2D eigenvalue weighted by Gasteiger charge is -2.11. The van der Waals surface area contributed by atoms with E-state index in [0.29, 0.717) is 22.0 Å². The Morgan fingerprint density at radius 1 is 1.21 bits per heavy atom. The van der Waals surface area contributed by atoms with E-state index < -0.39 is 0 Å². The standard InChI is InChI=1S/C15H14ClNO2/c1-10-6-7-14(19-2)13(8-10)17-15(18)11-4-3-5-12(16)9-11/h3-9H,1-2H3,(H,17,18). The zero-order valence-corrected chi connectivity index (χ0v) is 11.5. The average molecular weight is 276 g/mol. The van der Waals surface area contributed by atoms with Crippen LogP contribution in [0.3, 0.4) is 0 Å². The SMILES string of the molecule is COc1ccc(C)cc1NC(=O)c1cccc(Cl)c1. The third-order valence-corrected chi connectivity index (χ3v) is 2.93. The van der Waals surface area contributed by atoms with Gasteiger partial charge in [0.2, 0.25) is 0 Å². The average Bonchev–Trinajstić information content (AvgIpc) is 2.39. The molecule has 0 radical (unpaired) electrons. The number of carbonyl (C=O) groups excluding carboxylic acids is 1. The van der Waals surface area contributed by atoms with Gasteiger partial charge in [0.15, 0.2) is 0 Å². The summed E-state index contributed by atoms with van der Waals surface area (Å²) in [7, 11) is 1.57. The Labute approximate surface area is 117 Å². The third-order valence-electron chi connectivity index (χ3n) is 2.69. The Balaban J connectivity index is 2.26. The molecule has 0 fully saturated rings. The fourth-order valence-electron chi connectivity index (χ4n) is 1.74. The first-order chi connectivity index (χ1) is 9.10. The van der Waals surface area contributed by atoms with Crippen LogP contribution in [0.2, 0.25) is 5.02 Å². The van der Waals surface area contributed by atoms with E-state index >= 15 is 0 Å². The number of hydrogen-bond acceptors (Lipinski definition) is 2. The summed E-state index contributed by atoms with van der Waals surface area (Å²) in [4.78, 5) is 12.1. The number of benzene rings is 2. The van der Waals surface area contributed by atoms with Gasteiger partial charge < -0.3 is 10.1 Å². The second-order valence-electron chi connectivity index (χ2n) is 4.17. The maximum Gasteiger partial charge on any atom is 0.255 e. The van der Waals surface area contributed by atoms with E-state index in [1.807, 2.05) is 25.1 Å². The number of carbonyl (C=O) groups is 1. The van der Waals surface area contributed by atoms with Crippen molar-refractivity contribution in [3.05, 3.63) is 58.6 Å². The molecular weight excluding hydrogens is 262 g/mol. The number of rotatable bonds is 3. The first-order valence-electron chi connectivity index (χ1n) is 5.81. The van der Waals surface area contributed by atoms with E-state index in [0.717, 1.165) is 5.56 Å². The van der Waals surface area contributed by atoms with Gasteiger partial charge in [-0.25, -0.2) is 0 Å². The molecule has 0 aliphatic carbocycles. The van der Waals surface area contributed by atoms with Crippen LogP contribution < -0.4 is 10.1 Å². The van der Waals surface area contributed by atoms with E-state index in [1.54, 1.807) is 31.4 Å². The summed E-state index contributed by atoms with van der Waals surface area (Å²) in [6, 6.07) is 12.4. The van der Waals surface area contributed by atoms with Crippen molar-refractivity contribution >= 4 is 23.2 Å². The highest BCUT2D eigenvalue weighted by Gasteiger charge is 2.10. The summed E-state index contributed by atoms with van der Waals surface area (Å²) < 4.78 is 5.22. The molecule has 0 saturated heterocycles. The molecule has 98 valence electrons. The summed E-state index contributed by atoms with van der Waals surface area (Å²) in [6.07, 6.45) is 0. The van der Waals surface area contributed by atoms with Crippen LogP contribution in [0.25, 0.3) is 0 Å². The fraction of sp³-hybridized carbons (Fsp3) is 0.133. The summed E-state index contributed by atoms with van der Waals surface area (Å²) in [5.41, 5.74) is 2.20.